The number of Topliss-reactive ketones (excluding diaryl/α,β-unsaturated/α-hetero) is 1. The summed E-state index contributed by atoms with van der Waals surface area (Å²) in [6.07, 6.45) is 1.22. The molecule has 5 rings (SSSR count). The number of likely N-dealkylation sites (tertiary alicyclic amines) is 1. The first-order valence-corrected chi connectivity index (χ1v) is 13.4. The molecule has 5 N–H and O–H groups in total. The highest BCUT2D eigenvalue weighted by atomic mass is 32.1. The molecule has 39 heavy (non-hydrogen) atoms. The van der Waals surface area contributed by atoms with Gasteiger partial charge in [-0.15, -0.1) is 16.4 Å². The van der Waals surface area contributed by atoms with Gasteiger partial charge in [0.1, 0.15) is 16.4 Å². The SMILES string of the molecule is C=N/C(=N\NN)c1ccc2c(c1)C(=O)CC1(CCN(C(=O)c3c(NC(=O)NCC)sc4ccccc34)CC1)O2. The van der Waals surface area contributed by atoms with E-state index in [1.807, 2.05) is 31.2 Å². The summed E-state index contributed by atoms with van der Waals surface area (Å²) in [5.74, 6) is 5.83. The molecule has 3 amide bonds. The molecule has 3 aromatic rings. The van der Waals surface area contributed by atoms with Gasteiger partial charge in [-0.25, -0.2) is 21.2 Å². The Kier molecular flexibility index (Phi) is 7.31. The Hall–Kier alpha value is -4.29. The molecule has 0 bridgehead atoms. The predicted molar refractivity (Wildman–Crippen MR) is 152 cm³/mol. The number of hydrazone groups is 1. The van der Waals surface area contributed by atoms with E-state index in [-0.39, 0.29) is 30.0 Å². The van der Waals surface area contributed by atoms with Gasteiger partial charge in [0, 0.05) is 48.1 Å². The minimum absolute atomic E-state index is 0.0424. The number of carbonyl (C=O) groups excluding carboxylic acids is 3. The van der Waals surface area contributed by atoms with Crippen LogP contribution in [0.4, 0.5) is 9.80 Å². The molecule has 0 saturated carbocycles. The fourth-order valence-corrected chi connectivity index (χ4v) is 6.18. The largest absolute Gasteiger partial charge is 0.486 e. The van der Waals surface area contributed by atoms with E-state index in [9.17, 15) is 14.4 Å². The number of nitrogens with zero attached hydrogens (tertiary/aromatic N) is 3. The maximum atomic E-state index is 13.8. The van der Waals surface area contributed by atoms with Crippen molar-refractivity contribution in [3.05, 3.63) is 59.2 Å². The molecule has 1 saturated heterocycles. The van der Waals surface area contributed by atoms with Crippen LogP contribution in [0.1, 0.15) is 52.5 Å². The van der Waals surface area contributed by atoms with Gasteiger partial charge in [-0.3, -0.25) is 14.9 Å². The predicted octanol–water partition coefficient (Wildman–Crippen LogP) is 3.51. The number of hydrogen-bond donors (Lipinski definition) is 4. The number of hydrogen-bond acceptors (Lipinski definition) is 8. The van der Waals surface area contributed by atoms with Crippen molar-refractivity contribution >= 4 is 56.7 Å². The van der Waals surface area contributed by atoms with Gasteiger partial charge < -0.3 is 15.0 Å². The first-order valence-electron chi connectivity index (χ1n) is 12.6. The van der Waals surface area contributed by atoms with E-state index in [4.69, 9.17) is 10.6 Å². The van der Waals surface area contributed by atoms with E-state index in [0.29, 0.717) is 59.9 Å². The lowest BCUT2D eigenvalue weighted by atomic mass is 9.82. The Morgan fingerprint density at radius 1 is 1.21 bits per heavy atom. The maximum absolute atomic E-state index is 13.8. The summed E-state index contributed by atoms with van der Waals surface area (Å²) in [5, 5.41) is 10.7. The third-order valence-corrected chi connectivity index (χ3v) is 8.09. The molecule has 1 aromatic heterocycles. The van der Waals surface area contributed by atoms with Crippen LogP contribution in [0.5, 0.6) is 5.75 Å². The monoisotopic (exact) mass is 547 g/mol. The average Bonchev–Trinajstić information content (AvgIpc) is 3.29. The molecule has 11 nitrogen and oxygen atoms in total. The van der Waals surface area contributed by atoms with Crippen LogP contribution >= 0.6 is 11.3 Å². The van der Waals surface area contributed by atoms with Crippen molar-refractivity contribution in [1.29, 1.82) is 0 Å². The van der Waals surface area contributed by atoms with Crippen molar-refractivity contribution in [3.63, 3.8) is 0 Å². The zero-order chi connectivity index (χ0) is 27.6. The number of benzene rings is 2. The molecule has 0 unspecified atom stereocenters. The van der Waals surface area contributed by atoms with Crippen LogP contribution in [0, 0.1) is 0 Å². The van der Waals surface area contributed by atoms with Gasteiger partial charge in [0.25, 0.3) is 5.91 Å². The standard InChI is InChI=1S/C27H29N7O4S/c1-3-30-26(37)31-24-22(17-6-4-5-7-21(17)39-24)25(36)34-12-10-27(11-13-34)15-19(35)18-14-16(8-9-20(18)38-27)23(29-2)32-33-28/h4-9,14,33H,2-3,10-13,15,28H2,1H3,(H2,30,31,37)/b32-23-. The minimum Gasteiger partial charge on any atom is -0.486 e. The highest BCUT2D eigenvalue weighted by Gasteiger charge is 2.44. The summed E-state index contributed by atoms with van der Waals surface area (Å²) >= 11 is 1.37. The molecule has 0 atom stereocenters. The highest BCUT2D eigenvalue weighted by molar-refractivity contribution is 7.23. The number of fused-ring (bicyclic) bond motifs is 2. The highest BCUT2D eigenvalue weighted by Crippen LogP contribution is 2.41. The third-order valence-electron chi connectivity index (χ3n) is 7.00. The molecule has 2 aliphatic rings. The van der Waals surface area contributed by atoms with E-state index in [1.165, 1.54) is 11.3 Å². The van der Waals surface area contributed by atoms with Crippen molar-refractivity contribution < 1.29 is 19.1 Å². The number of amidine groups is 1. The second-order valence-corrected chi connectivity index (χ2v) is 10.4. The Morgan fingerprint density at radius 3 is 2.69 bits per heavy atom. The van der Waals surface area contributed by atoms with E-state index in [2.05, 4.69) is 33.0 Å². The van der Waals surface area contributed by atoms with E-state index < -0.39 is 5.60 Å². The number of thiophene rings is 1. The summed E-state index contributed by atoms with van der Waals surface area (Å²) in [6.45, 7) is 6.64. The van der Waals surface area contributed by atoms with Gasteiger partial charge in [-0.05, 0) is 37.9 Å². The van der Waals surface area contributed by atoms with Crippen LogP contribution in [-0.2, 0) is 0 Å². The lowest BCUT2D eigenvalue weighted by molar-refractivity contribution is -0.00562. The van der Waals surface area contributed by atoms with Crippen molar-refractivity contribution in [2.24, 2.45) is 15.9 Å². The van der Waals surface area contributed by atoms with E-state index >= 15 is 0 Å². The smallest absolute Gasteiger partial charge is 0.319 e. The van der Waals surface area contributed by atoms with Gasteiger partial charge in [0.2, 0.25) is 0 Å². The molecular formula is C27H29N7O4S. The molecular weight excluding hydrogens is 518 g/mol. The maximum Gasteiger partial charge on any atom is 0.319 e. The van der Waals surface area contributed by atoms with Crippen LogP contribution in [0.2, 0.25) is 0 Å². The lowest BCUT2D eigenvalue weighted by Gasteiger charge is -2.44. The lowest BCUT2D eigenvalue weighted by Crippen LogP contribution is -2.52. The van der Waals surface area contributed by atoms with Gasteiger partial charge >= 0.3 is 6.03 Å². The van der Waals surface area contributed by atoms with Gasteiger partial charge in [-0.2, -0.15) is 0 Å². The Balaban J connectivity index is 1.34. The molecule has 2 aromatic carbocycles. The normalized spacial score (nSPS) is 16.4. The first kappa shape index (κ1) is 26.3. The molecule has 3 heterocycles. The van der Waals surface area contributed by atoms with Crippen molar-refractivity contribution in [2.75, 3.05) is 25.0 Å². The number of urea groups is 1. The summed E-state index contributed by atoms with van der Waals surface area (Å²) < 4.78 is 7.32. The molecule has 2 aliphatic heterocycles. The molecule has 0 radical (unpaired) electrons. The number of rotatable bonds is 5. The minimum atomic E-state index is -0.687. The number of hydrazine groups is 1. The summed E-state index contributed by atoms with van der Waals surface area (Å²) in [5.41, 5.74) is 3.03. The number of carbonyl (C=O) groups is 3. The summed E-state index contributed by atoms with van der Waals surface area (Å²) in [7, 11) is 0. The van der Waals surface area contributed by atoms with Gasteiger partial charge in [-0.1, -0.05) is 18.2 Å². The summed E-state index contributed by atoms with van der Waals surface area (Å²) in [6, 6.07) is 12.4. The van der Waals surface area contributed by atoms with Gasteiger partial charge in [0.15, 0.2) is 11.6 Å². The summed E-state index contributed by atoms with van der Waals surface area (Å²) in [4.78, 5) is 44.8. The molecule has 1 spiro atoms. The van der Waals surface area contributed by atoms with Crippen LogP contribution in [0.25, 0.3) is 10.1 Å². The number of nitrogens with two attached hydrogens (primary N) is 1. The first-order chi connectivity index (χ1) is 18.9. The number of amides is 3. The zero-order valence-corrected chi connectivity index (χ0v) is 22.3. The second-order valence-electron chi connectivity index (χ2n) is 9.40. The molecule has 0 aliphatic carbocycles. The number of piperidine rings is 1. The van der Waals surface area contributed by atoms with Gasteiger partial charge in [0.05, 0.1) is 17.5 Å². The molecule has 1 fully saturated rings. The number of nitrogens with one attached hydrogen (secondary N) is 3. The Labute approximate surface area is 229 Å². The van der Waals surface area contributed by atoms with Crippen molar-refractivity contribution in [2.45, 2.75) is 31.8 Å². The average molecular weight is 548 g/mol. The fourth-order valence-electron chi connectivity index (χ4n) is 5.09. The van der Waals surface area contributed by atoms with E-state index in [0.717, 1.165) is 10.1 Å². The molecule has 202 valence electrons. The number of aliphatic imine (C=N–C) groups is 1. The van der Waals surface area contributed by atoms with Crippen LogP contribution in [0.3, 0.4) is 0 Å². The Morgan fingerprint density at radius 2 is 1.97 bits per heavy atom. The van der Waals surface area contributed by atoms with Crippen LogP contribution < -0.4 is 26.7 Å². The number of ether oxygens (including phenoxy) is 1. The van der Waals surface area contributed by atoms with Crippen LogP contribution in [0.15, 0.2) is 52.6 Å². The molecule has 12 heteroatoms. The van der Waals surface area contributed by atoms with Crippen LogP contribution in [-0.4, -0.2) is 60.4 Å². The zero-order valence-electron chi connectivity index (χ0n) is 21.5. The van der Waals surface area contributed by atoms with Crippen molar-refractivity contribution in [1.82, 2.24) is 15.8 Å². The topological polar surface area (TPSA) is 151 Å². The van der Waals surface area contributed by atoms with E-state index in [1.54, 1.807) is 23.1 Å². The quantitative estimate of drug-likeness (QED) is 0.166. The second kappa shape index (κ2) is 10.8. The van der Waals surface area contributed by atoms with Crippen molar-refractivity contribution in [3.8, 4) is 5.75 Å². The Bertz CT molecular complexity index is 1490. The third kappa shape index (κ3) is 5.08. The fraction of sp³-hybridized carbons (Fsp3) is 0.296. The number of anilines is 1. The number of ketones is 1.